The van der Waals surface area contributed by atoms with Gasteiger partial charge in [0.05, 0.1) is 32.1 Å². The molecule has 0 unspecified atom stereocenters. The second kappa shape index (κ2) is 6.60. The van der Waals surface area contributed by atoms with Crippen LogP contribution >= 0.6 is 12.2 Å². The van der Waals surface area contributed by atoms with Gasteiger partial charge >= 0.3 is 0 Å². The van der Waals surface area contributed by atoms with Gasteiger partial charge in [0.2, 0.25) is 0 Å². The number of hydrogen-bond donors (Lipinski definition) is 0. The first kappa shape index (κ1) is 15.2. The molecule has 7 heteroatoms. The van der Waals surface area contributed by atoms with E-state index in [1.807, 2.05) is 24.3 Å². The van der Waals surface area contributed by atoms with Crippen LogP contribution in [-0.2, 0) is 11.4 Å². The Balaban J connectivity index is 1.83. The van der Waals surface area contributed by atoms with Crippen molar-refractivity contribution >= 4 is 12.2 Å². The third-order valence-electron chi connectivity index (χ3n) is 3.60. The summed E-state index contributed by atoms with van der Waals surface area (Å²) < 4.78 is 18.2. The molecule has 1 aromatic carbocycles. The molecule has 2 heterocycles. The molecule has 3 rings (SSSR count). The van der Waals surface area contributed by atoms with Crippen LogP contribution < -0.4 is 4.74 Å². The highest BCUT2D eigenvalue weighted by atomic mass is 32.1. The van der Waals surface area contributed by atoms with Crippen molar-refractivity contribution in [2.45, 2.75) is 19.7 Å². The Morgan fingerprint density at radius 1 is 1.41 bits per heavy atom. The van der Waals surface area contributed by atoms with Crippen LogP contribution in [0.2, 0.25) is 0 Å². The molecular formula is C15H19N3O3S. The normalized spacial score (nSPS) is 19.3. The average Bonchev–Trinajstić information content (AvgIpc) is 2.88. The summed E-state index contributed by atoms with van der Waals surface area (Å²) in [5.41, 5.74) is 0.796. The number of aromatic nitrogens is 2. The van der Waals surface area contributed by atoms with E-state index >= 15 is 0 Å². The van der Waals surface area contributed by atoms with Crippen molar-refractivity contribution in [1.82, 2.24) is 14.7 Å². The maximum atomic E-state index is 5.64. The van der Waals surface area contributed by atoms with Crippen molar-refractivity contribution in [3.63, 3.8) is 0 Å². The number of para-hydroxylation sites is 1. The lowest BCUT2D eigenvalue weighted by molar-refractivity contribution is -0.0309. The van der Waals surface area contributed by atoms with Crippen molar-refractivity contribution < 1.29 is 13.9 Å². The zero-order valence-electron chi connectivity index (χ0n) is 12.7. The van der Waals surface area contributed by atoms with Gasteiger partial charge in [-0.3, -0.25) is 4.90 Å². The van der Waals surface area contributed by atoms with E-state index in [1.54, 1.807) is 11.8 Å². The summed E-state index contributed by atoms with van der Waals surface area (Å²) in [6.07, 6.45) is 0.225. The van der Waals surface area contributed by atoms with Gasteiger partial charge in [-0.05, 0) is 31.3 Å². The fraction of sp³-hybridized carbons (Fsp3) is 0.467. The summed E-state index contributed by atoms with van der Waals surface area (Å²) in [4.78, 5) is 2.61. The van der Waals surface area contributed by atoms with Crippen molar-refractivity contribution in [3.8, 4) is 17.2 Å². The largest absolute Gasteiger partial charge is 0.496 e. The summed E-state index contributed by atoms with van der Waals surface area (Å²) in [6, 6.07) is 7.60. The molecule has 0 amide bonds. The molecule has 0 N–H and O–H groups in total. The second-order valence-corrected chi connectivity index (χ2v) is 5.62. The van der Waals surface area contributed by atoms with Gasteiger partial charge in [0.15, 0.2) is 0 Å². The zero-order valence-corrected chi connectivity index (χ0v) is 13.5. The summed E-state index contributed by atoms with van der Waals surface area (Å²) in [5, 5.41) is 4.49. The first-order valence-electron chi connectivity index (χ1n) is 7.22. The van der Waals surface area contributed by atoms with Gasteiger partial charge in [-0.1, -0.05) is 12.1 Å². The molecule has 118 valence electrons. The zero-order chi connectivity index (χ0) is 15.5. The minimum atomic E-state index is 0.225. The Hall–Kier alpha value is -1.70. The molecule has 0 spiro atoms. The average molecular weight is 321 g/mol. The molecule has 22 heavy (non-hydrogen) atoms. The van der Waals surface area contributed by atoms with Gasteiger partial charge in [-0.15, -0.1) is 5.10 Å². The van der Waals surface area contributed by atoms with Gasteiger partial charge < -0.3 is 13.9 Å². The van der Waals surface area contributed by atoms with Crippen molar-refractivity contribution in [2.75, 3.05) is 26.8 Å². The number of benzene rings is 1. The minimum absolute atomic E-state index is 0.225. The van der Waals surface area contributed by atoms with Gasteiger partial charge in [-0.2, -0.15) is 0 Å². The first-order valence-corrected chi connectivity index (χ1v) is 7.63. The topological polar surface area (TPSA) is 52.7 Å². The Morgan fingerprint density at radius 3 is 3.00 bits per heavy atom. The number of hydrogen-bond acceptors (Lipinski definition) is 6. The van der Waals surface area contributed by atoms with E-state index in [2.05, 4.69) is 16.9 Å². The molecule has 6 nitrogen and oxygen atoms in total. The minimum Gasteiger partial charge on any atom is -0.496 e. The van der Waals surface area contributed by atoms with Crippen molar-refractivity contribution in [2.24, 2.45) is 0 Å². The van der Waals surface area contributed by atoms with Crippen molar-refractivity contribution in [1.29, 1.82) is 0 Å². The van der Waals surface area contributed by atoms with Crippen LogP contribution in [0.1, 0.15) is 6.92 Å². The number of nitrogens with zero attached hydrogens (tertiary/aromatic N) is 3. The summed E-state index contributed by atoms with van der Waals surface area (Å²) in [5.74, 6) is 1.19. The Labute approximate surface area is 134 Å². The van der Waals surface area contributed by atoms with Crippen LogP contribution in [0, 0.1) is 4.84 Å². The molecule has 0 bridgehead atoms. The molecule has 1 fully saturated rings. The highest BCUT2D eigenvalue weighted by molar-refractivity contribution is 7.71. The molecule has 2 aromatic rings. The summed E-state index contributed by atoms with van der Waals surface area (Å²) in [7, 11) is 1.62. The second-order valence-electron chi connectivity index (χ2n) is 5.27. The number of rotatable bonds is 4. The van der Waals surface area contributed by atoms with Crippen LogP contribution in [0.3, 0.4) is 0 Å². The predicted molar refractivity (Wildman–Crippen MR) is 84.3 cm³/mol. The molecule has 1 aromatic heterocycles. The maximum absolute atomic E-state index is 5.64. The smallest absolute Gasteiger partial charge is 0.288 e. The standard InChI is InChI=1S/C15H19N3O3S/c1-11-9-17(7-8-20-11)10-18-15(22)21-14(16-18)12-5-3-4-6-13(12)19-2/h3-6,11H,7-10H2,1-2H3/t11-/m1/s1. The Morgan fingerprint density at radius 2 is 2.23 bits per heavy atom. The molecule has 0 saturated carbocycles. The maximum Gasteiger partial charge on any atom is 0.288 e. The van der Waals surface area contributed by atoms with Crippen LogP contribution in [0.15, 0.2) is 28.7 Å². The molecule has 0 aliphatic carbocycles. The summed E-state index contributed by atoms with van der Waals surface area (Å²) in [6.45, 7) is 5.12. The third kappa shape index (κ3) is 3.21. The molecule has 1 aliphatic heterocycles. The Bertz CT molecular complexity index is 697. The fourth-order valence-corrected chi connectivity index (χ4v) is 2.71. The molecule has 1 aliphatic rings. The van der Waals surface area contributed by atoms with Gasteiger partial charge in [0.25, 0.3) is 10.7 Å². The van der Waals surface area contributed by atoms with Gasteiger partial charge in [0, 0.05) is 13.1 Å². The monoisotopic (exact) mass is 321 g/mol. The predicted octanol–water partition coefficient (Wildman–Crippen LogP) is 2.56. The molecule has 1 atom stereocenters. The number of methoxy groups -OCH3 is 1. The van der Waals surface area contributed by atoms with E-state index < -0.39 is 0 Å². The number of morpholine rings is 1. The lowest BCUT2D eigenvalue weighted by Crippen LogP contribution is -2.42. The highest BCUT2D eigenvalue weighted by Crippen LogP contribution is 2.28. The Kier molecular flexibility index (Phi) is 4.56. The SMILES string of the molecule is COc1ccccc1-c1nn(CN2CCO[C@H](C)C2)c(=S)o1. The lowest BCUT2D eigenvalue weighted by Gasteiger charge is -2.30. The lowest BCUT2D eigenvalue weighted by atomic mass is 10.2. The van der Waals surface area contributed by atoms with Crippen LogP contribution in [0.4, 0.5) is 0 Å². The van der Waals surface area contributed by atoms with Gasteiger partial charge in [-0.25, -0.2) is 4.68 Å². The molecular weight excluding hydrogens is 302 g/mol. The van der Waals surface area contributed by atoms with E-state index in [4.69, 9.17) is 26.1 Å². The third-order valence-corrected chi connectivity index (χ3v) is 3.90. The molecule has 0 radical (unpaired) electrons. The summed E-state index contributed by atoms with van der Waals surface area (Å²) >= 11 is 5.29. The van der Waals surface area contributed by atoms with Crippen LogP contribution in [0.25, 0.3) is 11.5 Å². The van der Waals surface area contributed by atoms with E-state index in [1.165, 1.54) is 0 Å². The van der Waals surface area contributed by atoms with E-state index in [9.17, 15) is 0 Å². The van der Waals surface area contributed by atoms with Crippen LogP contribution in [0.5, 0.6) is 5.75 Å². The number of ether oxygens (including phenoxy) is 2. The van der Waals surface area contributed by atoms with Crippen LogP contribution in [-0.4, -0.2) is 47.6 Å². The van der Waals surface area contributed by atoms with E-state index in [0.29, 0.717) is 23.1 Å². The first-order chi connectivity index (χ1) is 10.7. The fourth-order valence-electron chi connectivity index (χ4n) is 2.53. The molecule has 1 saturated heterocycles. The highest BCUT2D eigenvalue weighted by Gasteiger charge is 2.19. The van der Waals surface area contributed by atoms with E-state index in [0.717, 1.165) is 25.3 Å². The quantitative estimate of drug-likeness (QED) is 0.807. The van der Waals surface area contributed by atoms with E-state index in [-0.39, 0.29) is 6.10 Å². The van der Waals surface area contributed by atoms with Gasteiger partial charge in [0.1, 0.15) is 5.75 Å². The van der Waals surface area contributed by atoms with Crippen molar-refractivity contribution in [3.05, 3.63) is 29.1 Å².